The van der Waals surface area contributed by atoms with Crippen molar-refractivity contribution in [1.29, 1.82) is 0 Å². The smallest absolute Gasteiger partial charge is 0.161 e. The van der Waals surface area contributed by atoms with Gasteiger partial charge in [0.25, 0.3) is 0 Å². The molecule has 0 amide bonds. The Kier molecular flexibility index (Phi) is 3.09. The van der Waals surface area contributed by atoms with Crippen LogP contribution in [-0.4, -0.2) is 13.2 Å². The molecule has 0 unspecified atom stereocenters. The number of benzene rings is 1. The monoisotopic (exact) mass is 236 g/mol. The molecular formula is C14H17FO2. The number of halogens is 1. The quantitative estimate of drug-likeness (QED) is 0.738. The van der Waals surface area contributed by atoms with Gasteiger partial charge in [-0.05, 0) is 23.8 Å². The Balaban J connectivity index is 2.29. The second-order valence-corrected chi connectivity index (χ2v) is 5.15. The topological polar surface area (TPSA) is 18.5 Å². The van der Waals surface area contributed by atoms with Crippen molar-refractivity contribution >= 4 is 6.08 Å². The molecule has 92 valence electrons. The Bertz CT molecular complexity index is 444. The summed E-state index contributed by atoms with van der Waals surface area (Å²) in [6.45, 7) is 6.64. The van der Waals surface area contributed by atoms with Gasteiger partial charge in [-0.3, -0.25) is 0 Å². The molecule has 1 aromatic rings. The van der Waals surface area contributed by atoms with Crippen LogP contribution in [0, 0.1) is 5.41 Å². The molecule has 1 aliphatic rings. The van der Waals surface area contributed by atoms with Crippen molar-refractivity contribution < 1.29 is 13.9 Å². The molecule has 17 heavy (non-hydrogen) atoms. The van der Waals surface area contributed by atoms with E-state index < -0.39 is 5.41 Å². The van der Waals surface area contributed by atoms with E-state index in [9.17, 15) is 4.39 Å². The summed E-state index contributed by atoms with van der Waals surface area (Å²) in [7, 11) is 0. The van der Waals surface area contributed by atoms with Crippen molar-refractivity contribution in [3.8, 4) is 11.5 Å². The van der Waals surface area contributed by atoms with Gasteiger partial charge in [0.2, 0.25) is 0 Å². The third-order valence-corrected chi connectivity index (χ3v) is 2.58. The van der Waals surface area contributed by atoms with Gasteiger partial charge in [0.15, 0.2) is 11.5 Å². The Morgan fingerprint density at radius 3 is 2.47 bits per heavy atom. The molecule has 1 aliphatic heterocycles. The van der Waals surface area contributed by atoms with E-state index in [1.807, 2.05) is 32.9 Å². The molecule has 0 bridgehead atoms. The van der Waals surface area contributed by atoms with E-state index in [0.717, 1.165) is 11.3 Å². The Morgan fingerprint density at radius 2 is 1.82 bits per heavy atom. The molecule has 0 fully saturated rings. The van der Waals surface area contributed by atoms with Gasteiger partial charge in [0.1, 0.15) is 19.0 Å². The third kappa shape index (κ3) is 2.78. The number of allylic oxidation sites excluding steroid dienone is 1. The lowest BCUT2D eigenvalue weighted by Crippen LogP contribution is -2.15. The van der Waals surface area contributed by atoms with Gasteiger partial charge in [0.05, 0.1) is 0 Å². The summed E-state index contributed by atoms with van der Waals surface area (Å²) >= 11 is 0. The highest BCUT2D eigenvalue weighted by Gasteiger charge is 2.17. The van der Waals surface area contributed by atoms with E-state index in [1.54, 1.807) is 6.07 Å². The Morgan fingerprint density at radius 1 is 1.18 bits per heavy atom. The summed E-state index contributed by atoms with van der Waals surface area (Å²) in [5.41, 5.74) is 0.328. The number of hydrogen-bond acceptors (Lipinski definition) is 2. The lowest BCUT2D eigenvalue weighted by molar-refractivity contribution is 0.171. The fourth-order valence-corrected chi connectivity index (χ4v) is 1.51. The molecule has 2 rings (SSSR count). The fourth-order valence-electron chi connectivity index (χ4n) is 1.51. The molecule has 1 aromatic carbocycles. The van der Waals surface area contributed by atoms with Crippen LogP contribution in [0.15, 0.2) is 24.0 Å². The molecule has 0 atom stereocenters. The first-order valence-electron chi connectivity index (χ1n) is 5.74. The summed E-state index contributed by atoms with van der Waals surface area (Å²) in [6.07, 6.45) is 1.54. The molecular weight excluding hydrogens is 219 g/mol. The van der Waals surface area contributed by atoms with Crippen LogP contribution < -0.4 is 9.47 Å². The van der Waals surface area contributed by atoms with Crippen molar-refractivity contribution in [2.24, 2.45) is 5.41 Å². The molecule has 3 heteroatoms. The lowest BCUT2D eigenvalue weighted by atomic mass is 9.93. The highest BCUT2D eigenvalue weighted by Crippen LogP contribution is 2.33. The SMILES string of the molecule is CC(C)(C)/C(F)=C/c1ccc2c(c1)OCCO2. The van der Waals surface area contributed by atoms with Crippen molar-refractivity contribution in [3.63, 3.8) is 0 Å². The number of hydrogen-bond donors (Lipinski definition) is 0. The van der Waals surface area contributed by atoms with Crippen LogP contribution in [0.3, 0.4) is 0 Å². The summed E-state index contributed by atoms with van der Waals surface area (Å²) < 4.78 is 24.7. The standard InChI is InChI=1S/C14H17FO2/c1-14(2,3)13(15)9-10-4-5-11-12(8-10)17-7-6-16-11/h4-5,8-9H,6-7H2,1-3H3/b13-9-. The van der Waals surface area contributed by atoms with Gasteiger partial charge >= 0.3 is 0 Å². The van der Waals surface area contributed by atoms with E-state index in [0.29, 0.717) is 19.0 Å². The number of rotatable bonds is 1. The van der Waals surface area contributed by atoms with Gasteiger partial charge < -0.3 is 9.47 Å². The van der Waals surface area contributed by atoms with Gasteiger partial charge in [-0.25, -0.2) is 4.39 Å². The molecule has 0 N–H and O–H groups in total. The van der Waals surface area contributed by atoms with Gasteiger partial charge in [-0.15, -0.1) is 0 Å². The highest BCUT2D eigenvalue weighted by molar-refractivity contribution is 5.58. The maximum Gasteiger partial charge on any atom is 0.161 e. The Hall–Kier alpha value is -1.51. The molecule has 2 nitrogen and oxygen atoms in total. The van der Waals surface area contributed by atoms with E-state index in [-0.39, 0.29) is 5.83 Å². The van der Waals surface area contributed by atoms with Crippen molar-refractivity contribution in [1.82, 2.24) is 0 Å². The first-order chi connectivity index (χ1) is 7.97. The number of fused-ring (bicyclic) bond motifs is 1. The second kappa shape index (κ2) is 4.40. The zero-order valence-electron chi connectivity index (χ0n) is 10.4. The summed E-state index contributed by atoms with van der Waals surface area (Å²) in [4.78, 5) is 0. The highest BCUT2D eigenvalue weighted by atomic mass is 19.1. The lowest BCUT2D eigenvalue weighted by Gasteiger charge is -2.19. The molecule has 0 saturated heterocycles. The predicted molar refractivity (Wildman–Crippen MR) is 66.0 cm³/mol. The van der Waals surface area contributed by atoms with Crippen LogP contribution in [0.25, 0.3) is 6.08 Å². The minimum absolute atomic E-state index is 0.144. The van der Waals surface area contributed by atoms with Crippen LogP contribution in [0.2, 0.25) is 0 Å². The predicted octanol–water partition coefficient (Wildman–Crippen LogP) is 3.81. The van der Waals surface area contributed by atoms with Crippen LogP contribution in [0.1, 0.15) is 26.3 Å². The molecule has 0 saturated carbocycles. The minimum atomic E-state index is -0.465. The first-order valence-corrected chi connectivity index (χ1v) is 5.74. The fraction of sp³-hybridized carbons (Fsp3) is 0.429. The van der Waals surface area contributed by atoms with Gasteiger partial charge in [0, 0.05) is 5.41 Å². The third-order valence-electron chi connectivity index (χ3n) is 2.58. The molecule has 0 aliphatic carbocycles. The second-order valence-electron chi connectivity index (χ2n) is 5.15. The summed E-state index contributed by atoms with van der Waals surface area (Å²) in [5.74, 6) is 1.27. The zero-order chi connectivity index (χ0) is 12.5. The van der Waals surface area contributed by atoms with Gasteiger partial charge in [-0.1, -0.05) is 26.8 Å². The molecule has 0 spiro atoms. The average molecular weight is 236 g/mol. The van der Waals surface area contributed by atoms with E-state index in [1.165, 1.54) is 6.08 Å². The molecule has 0 radical (unpaired) electrons. The Labute approximate surface area is 101 Å². The molecule has 0 aromatic heterocycles. The zero-order valence-corrected chi connectivity index (χ0v) is 10.4. The summed E-state index contributed by atoms with van der Waals surface area (Å²) in [5, 5.41) is 0. The minimum Gasteiger partial charge on any atom is -0.486 e. The van der Waals surface area contributed by atoms with Crippen molar-refractivity contribution in [3.05, 3.63) is 29.6 Å². The van der Waals surface area contributed by atoms with Crippen LogP contribution >= 0.6 is 0 Å². The van der Waals surface area contributed by atoms with E-state index in [4.69, 9.17) is 9.47 Å². The number of ether oxygens (including phenoxy) is 2. The van der Waals surface area contributed by atoms with Gasteiger partial charge in [-0.2, -0.15) is 0 Å². The maximum absolute atomic E-state index is 13.8. The largest absolute Gasteiger partial charge is 0.486 e. The first kappa shape index (κ1) is 12.0. The maximum atomic E-state index is 13.8. The van der Waals surface area contributed by atoms with Crippen LogP contribution in [-0.2, 0) is 0 Å². The van der Waals surface area contributed by atoms with E-state index in [2.05, 4.69) is 0 Å². The van der Waals surface area contributed by atoms with Crippen LogP contribution in [0.5, 0.6) is 11.5 Å². The van der Waals surface area contributed by atoms with Crippen LogP contribution in [0.4, 0.5) is 4.39 Å². The average Bonchev–Trinajstić information content (AvgIpc) is 2.27. The molecule has 1 heterocycles. The van der Waals surface area contributed by atoms with Crippen molar-refractivity contribution in [2.75, 3.05) is 13.2 Å². The normalized spacial score (nSPS) is 15.9. The van der Waals surface area contributed by atoms with E-state index >= 15 is 0 Å². The summed E-state index contributed by atoms with van der Waals surface area (Å²) in [6, 6.07) is 5.45. The van der Waals surface area contributed by atoms with Crippen molar-refractivity contribution in [2.45, 2.75) is 20.8 Å².